The molecule has 2 aromatic rings. The fourth-order valence-corrected chi connectivity index (χ4v) is 2.65. The Morgan fingerprint density at radius 3 is 2.48 bits per heavy atom. The number of carbonyl (C=O) groups excluding carboxylic acids is 1. The highest BCUT2D eigenvalue weighted by atomic mass is 32.2. The van der Waals surface area contributed by atoms with Gasteiger partial charge in [0.1, 0.15) is 5.75 Å². The Bertz CT molecular complexity index is 648. The molecule has 21 heavy (non-hydrogen) atoms. The first-order chi connectivity index (χ1) is 10.0. The van der Waals surface area contributed by atoms with E-state index >= 15 is 0 Å². The summed E-state index contributed by atoms with van der Waals surface area (Å²) in [5.74, 6) is 1.04. The molecule has 0 N–H and O–H groups in total. The minimum atomic E-state index is 0.0402. The van der Waals surface area contributed by atoms with Gasteiger partial charge in [0, 0.05) is 17.0 Å². The Balaban J connectivity index is 2.07. The molecule has 1 heterocycles. The number of ether oxygens (including phenoxy) is 1. The van der Waals surface area contributed by atoms with Crippen molar-refractivity contribution in [2.45, 2.75) is 25.9 Å². The van der Waals surface area contributed by atoms with Crippen molar-refractivity contribution < 1.29 is 9.53 Å². The van der Waals surface area contributed by atoms with Crippen LogP contribution in [0.5, 0.6) is 5.75 Å². The van der Waals surface area contributed by atoms with Crippen LogP contribution >= 0.6 is 11.8 Å². The minimum Gasteiger partial charge on any atom is -0.497 e. The Morgan fingerprint density at radius 2 is 1.86 bits per heavy atom. The monoisotopic (exact) mass is 302 g/mol. The summed E-state index contributed by atoms with van der Waals surface area (Å²) < 4.78 is 5.13. The van der Waals surface area contributed by atoms with Crippen LogP contribution in [-0.2, 0) is 0 Å². The van der Waals surface area contributed by atoms with Crippen LogP contribution in [0.2, 0.25) is 0 Å². The van der Waals surface area contributed by atoms with Crippen molar-refractivity contribution in [1.29, 1.82) is 0 Å². The number of aryl methyl sites for hydroxylation is 2. The summed E-state index contributed by atoms with van der Waals surface area (Å²) in [5.41, 5.74) is 3.65. The largest absolute Gasteiger partial charge is 0.497 e. The van der Waals surface area contributed by atoms with E-state index < -0.39 is 0 Å². The zero-order valence-corrected chi connectivity index (χ0v) is 13.5. The molecule has 1 aromatic heterocycles. The lowest BCUT2D eigenvalue weighted by Gasteiger charge is -2.07. The molecule has 0 unspecified atom stereocenters. The van der Waals surface area contributed by atoms with E-state index in [0.717, 1.165) is 17.0 Å². The van der Waals surface area contributed by atoms with Gasteiger partial charge in [-0.05, 0) is 38.5 Å². The molecule has 0 aliphatic carbocycles. The Morgan fingerprint density at radius 1 is 1.19 bits per heavy atom. The molecule has 0 bridgehead atoms. The van der Waals surface area contributed by atoms with Gasteiger partial charge in [-0.25, -0.2) is 9.97 Å². The van der Waals surface area contributed by atoms with Crippen molar-refractivity contribution in [2.75, 3.05) is 12.9 Å². The zero-order chi connectivity index (χ0) is 15.4. The molecule has 0 radical (unpaired) electrons. The molecular weight excluding hydrogens is 284 g/mol. The molecule has 0 fully saturated rings. The number of aromatic nitrogens is 2. The highest BCUT2D eigenvalue weighted by Gasteiger charge is 2.10. The third-order valence-electron chi connectivity index (χ3n) is 3.34. The number of Topliss-reactive ketones (excluding diaryl/α,β-unsaturated/α-hetero) is 1. The van der Waals surface area contributed by atoms with Gasteiger partial charge in [0.05, 0.1) is 12.9 Å². The molecule has 0 saturated carbocycles. The molecule has 2 rings (SSSR count). The lowest BCUT2D eigenvalue weighted by Crippen LogP contribution is -2.05. The number of hydrogen-bond acceptors (Lipinski definition) is 5. The standard InChI is InChI=1S/C16H18N2O2S/c1-10-11(2)17-16(18-12(10)3)21-9-15(19)13-6-5-7-14(8-13)20-4/h5-8H,9H2,1-4H3. The summed E-state index contributed by atoms with van der Waals surface area (Å²) >= 11 is 1.36. The first-order valence-corrected chi connectivity index (χ1v) is 7.61. The molecule has 5 heteroatoms. The predicted molar refractivity (Wildman–Crippen MR) is 84.3 cm³/mol. The number of carbonyl (C=O) groups is 1. The van der Waals surface area contributed by atoms with Gasteiger partial charge < -0.3 is 4.74 Å². The molecular formula is C16H18N2O2S. The molecule has 0 saturated heterocycles. The number of methoxy groups -OCH3 is 1. The average Bonchev–Trinajstić information content (AvgIpc) is 2.50. The summed E-state index contributed by atoms with van der Waals surface area (Å²) in [6, 6.07) is 7.17. The Labute approximate surface area is 129 Å². The third kappa shape index (κ3) is 3.82. The average molecular weight is 302 g/mol. The molecule has 0 atom stereocenters. The number of rotatable bonds is 5. The Hall–Kier alpha value is -1.88. The SMILES string of the molecule is COc1cccc(C(=O)CSc2nc(C)c(C)c(C)n2)c1. The normalized spacial score (nSPS) is 10.5. The number of benzene rings is 1. The quantitative estimate of drug-likeness (QED) is 0.481. The maximum atomic E-state index is 12.2. The third-order valence-corrected chi connectivity index (χ3v) is 4.18. The van der Waals surface area contributed by atoms with Crippen LogP contribution in [0, 0.1) is 20.8 Å². The van der Waals surface area contributed by atoms with Gasteiger partial charge in [-0.1, -0.05) is 23.9 Å². The number of nitrogens with zero attached hydrogens (tertiary/aromatic N) is 2. The maximum absolute atomic E-state index is 12.2. The molecule has 0 aliphatic heterocycles. The van der Waals surface area contributed by atoms with Crippen molar-refractivity contribution in [3.05, 3.63) is 46.8 Å². The predicted octanol–water partition coefficient (Wildman–Crippen LogP) is 3.39. The van der Waals surface area contributed by atoms with Gasteiger partial charge in [-0.2, -0.15) is 0 Å². The lowest BCUT2D eigenvalue weighted by atomic mass is 10.1. The molecule has 0 spiro atoms. The smallest absolute Gasteiger partial charge is 0.188 e. The van der Waals surface area contributed by atoms with Crippen molar-refractivity contribution >= 4 is 17.5 Å². The van der Waals surface area contributed by atoms with E-state index in [1.165, 1.54) is 11.8 Å². The second-order valence-electron chi connectivity index (χ2n) is 4.75. The second kappa shape index (κ2) is 6.72. The van der Waals surface area contributed by atoms with Crippen molar-refractivity contribution in [3.63, 3.8) is 0 Å². The summed E-state index contributed by atoms with van der Waals surface area (Å²) in [6.07, 6.45) is 0. The van der Waals surface area contributed by atoms with Crippen LogP contribution in [0.1, 0.15) is 27.3 Å². The molecule has 0 amide bonds. The van der Waals surface area contributed by atoms with Crippen molar-refractivity contribution in [1.82, 2.24) is 9.97 Å². The molecule has 4 nitrogen and oxygen atoms in total. The van der Waals surface area contributed by atoms with Gasteiger partial charge in [-0.3, -0.25) is 4.79 Å². The van der Waals surface area contributed by atoms with E-state index in [1.54, 1.807) is 19.2 Å². The van der Waals surface area contributed by atoms with Crippen LogP contribution in [0.4, 0.5) is 0 Å². The summed E-state index contributed by atoms with van der Waals surface area (Å²) in [4.78, 5) is 21.0. The van der Waals surface area contributed by atoms with E-state index in [2.05, 4.69) is 9.97 Å². The lowest BCUT2D eigenvalue weighted by molar-refractivity contribution is 0.102. The van der Waals surface area contributed by atoms with Crippen LogP contribution in [0.25, 0.3) is 0 Å². The summed E-state index contributed by atoms with van der Waals surface area (Å²) in [7, 11) is 1.59. The second-order valence-corrected chi connectivity index (χ2v) is 5.69. The van der Waals surface area contributed by atoms with E-state index in [0.29, 0.717) is 22.2 Å². The number of ketones is 1. The highest BCUT2D eigenvalue weighted by molar-refractivity contribution is 7.99. The van der Waals surface area contributed by atoms with Crippen LogP contribution in [0.15, 0.2) is 29.4 Å². The topological polar surface area (TPSA) is 52.1 Å². The Kier molecular flexibility index (Phi) is 4.96. The minimum absolute atomic E-state index is 0.0402. The van der Waals surface area contributed by atoms with Gasteiger partial charge in [-0.15, -0.1) is 0 Å². The molecule has 110 valence electrons. The van der Waals surface area contributed by atoms with E-state index in [9.17, 15) is 4.79 Å². The fraction of sp³-hybridized carbons (Fsp3) is 0.312. The van der Waals surface area contributed by atoms with Crippen LogP contribution < -0.4 is 4.74 Å². The van der Waals surface area contributed by atoms with Gasteiger partial charge in [0.15, 0.2) is 10.9 Å². The zero-order valence-electron chi connectivity index (χ0n) is 12.6. The summed E-state index contributed by atoms with van der Waals surface area (Å²) in [6.45, 7) is 5.91. The van der Waals surface area contributed by atoms with E-state index in [4.69, 9.17) is 4.74 Å². The first-order valence-electron chi connectivity index (χ1n) is 6.63. The number of hydrogen-bond donors (Lipinski definition) is 0. The number of thioether (sulfide) groups is 1. The van der Waals surface area contributed by atoms with Crippen LogP contribution in [0.3, 0.4) is 0 Å². The first kappa shape index (κ1) is 15.5. The van der Waals surface area contributed by atoms with Crippen molar-refractivity contribution in [3.8, 4) is 5.75 Å². The molecule has 1 aromatic carbocycles. The highest BCUT2D eigenvalue weighted by Crippen LogP contribution is 2.20. The van der Waals surface area contributed by atoms with Crippen LogP contribution in [-0.4, -0.2) is 28.6 Å². The van der Waals surface area contributed by atoms with Gasteiger partial charge in [0.25, 0.3) is 0 Å². The summed E-state index contributed by atoms with van der Waals surface area (Å²) in [5, 5.41) is 0.645. The molecule has 0 aliphatic rings. The maximum Gasteiger partial charge on any atom is 0.188 e. The van der Waals surface area contributed by atoms with Gasteiger partial charge in [0.2, 0.25) is 0 Å². The fourth-order valence-electron chi connectivity index (χ4n) is 1.82. The van der Waals surface area contributed by atoms with E-state index in [1.807, 2.05) is 32.9 Å². The van der Waals surface area contributed by atoms with E-state index in [-0.39, 0.29) is 5.78 Å². The van der Waals surface area contributed by atoms with Gasteiger partial charge >= 0.3 is 0 Å². The van der Waals surface area contributed by atoms with Crippen molar-refractivity contribution in [2.24, 2.45) is 0 Å².